The Labute approximate surface area is 113 Å². The molecule has 0 amide bonds. The molecule has 2 rings (SSSR count). The van der Waals surface area contributed by atoms with E-state index in [4.69, 9.17) is 0 Å². The average Bonchev–Trinajstić information content (AvgIpc) is 2.80. The van der Waals surface area contributed by atoms with Crippen LogP contribution in [-0.2, 0) is 7.05 Å². The minimum Gasteiger partial charge on any atom is -0.336 e. The summed E-state index contributed by atoms with van der Waals surface area (Å²) in [5, 5.41) is 3.45. The number of hydrogen-bond acceptors (Lipinski definition) is 2. The van der Waals surface area contributed by atoms with Crippen LogP contribution in [0, 0.1) is 12.7 Å². The molecule has 1 aromatic heterocycles. The predicted molar refractivity (Wildman–Crippen MR) is 74.5 cm³/mol. The van der Waals surface area contributed by atoms with E-state index < -0.39 is 0 Å². The lowest BCUT2D eigenvalue weighted by atomic mass is 10.00. The number of benzene rings is 1. The topological polar surface area (TPSA) is 29.9 Å². The molecular weight excluding hydrogens is 241 g/mol. The summed E-state index contributed by atoms with van der Waals surface area (Å²) < 4.78 is 15.5. The molecule has 102 valence electrons. The molecule has 2 aromatic rings. The Balaban J connectivity index is 2.42. The van der Waals surface area contributed by atoms with Gasteiger partial charge in [-0.3, -0.25) is 0 Å². The molecular formula is C15H20FN3. The molecule has 0 saturated carbocycles. The van der Waals surface area contributed by atoms with Crippen molar-refractivity contribution in [2.45, 2.75) is 26.3 Å². The lowest BCUT2D eigenvalue weighted by molar-refractivity contribution is 0.547. The standard InChI is InChI=1S/C15H20FN3/c1-4-7-17-14(15-18-8-9-19(15)3)13-10-12(16)6-5-11(13)2/h5-6,8-10,14,17H,4,7H2,1-3H3. The highest BCUT2D eigenvalue weighted by molar-refractivity contribution is 5.33. The lowest BCUT2D eigenvalue weighted by Gasteiger charge is -2.20. The van der Waals surface area contributed by atoms with Gasteiger partial charge in [0.05, 0.1) is 6.04 Å². The number of nitrogens with zero attached hydrogens (tertiary/aromatic N) is 2. The molecule has 1 atom stereocenters. The van der Waals surface area contributed by atoms with E-state index in [2.05, 4.69) is 17.2 Å². The zero-order valence-corrected chi connectivity index (χ0v) is 11.7. The first-order valence-corrected chi connectivity index (χ1v) is 6.60. The summed E-state index contributed by atoms with van der Waals surface area (Å²) in [5.74, 6) is 0.695. The van der Waals surface area contributed by atoms with Gasteiger partial charge in [0.25, 0.3) is 0 Å². The molecule has 0 aliphatic carbocycles. The van der Waals surface area contributed by atoms with Crippen LogP contribution >= 0.6 is 0 Å². The molecule has 0 aliphatic rings. The fourth-order valence-corrected chi connectivity index (χ4v) is 2.21. The number of imidazole rings is 1. The second-order valence-electron chi connectivity index (χ2n) is 4.78. The van der Waals surface area contributed by atoms with E-state index in [1.54, 1.807) is 12.3 Å². The van der Waals surface area contributed by atoms with Crippen molar-refractivity contribution in [2.75, 3.05) is 6.54 Å². The van der Waals surface area contributed by atoms with Gasteiger partial charge in [0, 0.05) is 19.4 Å². The third kappa shape index (κ3) is 3.01. The fourth-order valence-electron chi connectivity index (χ4n) is 2.21. The van der Waals surface area contributed by atoms with Crippen LogP contribution in [0.5, 0.6) is 0 Å². The molecule has 0 radical (unpaired) electrons. The average molecular weight is 261 g/mol. The van der Waals surface area contributed by atoms with Crippen LogP contribution in [0.1, 0.15) is 36.3 Å². The van der Waals surface area contributed by atoms with Gasteiger partial charge < -0.3 is 9.88 Å². The quantitative estimate of drug-likeness (QED) is 0.896. The van der Waals surface area contributed by atoms with Gasteiger partial charge in [0.15, 0.2) is 0 Å². The zero-order valence-electron chi connectivity index (χ0n) is 11.7. The van der Waals surface area contributed by atoms with Crippen LogP contribution in [0.3, 0.4) is 0 Å². The van der Waals surface area contributed by atoms with E-state index in [1.165, 1.54) is 6.07 Å². The van der Waals surface area contributed by atoms with Crippen molar-refractivity contribution in [1.82, 2.24) is 14.9 Å². The number of nitrogens with one attached hydrogen (secondary N) is 1. The van der Waals surface area contributed by atoms with Crippen LogP contribution < -0.4 is 5.32 Å². The summed E-state index contributed by atoms with van der Waals surface area (Å²) in [6.07, 6.45) is 4.70. The van der Waals surface area contributed by atoms with E-state index in [0.29, 0.717) is 0 Å². The van der Waals surface area contributed by atoms with E-state index in [-0.39, 0.29) is 11.9 Å². The molecule has 4 heteroatoms. The van der Waals surface area contributed by atoms with Gasteiger partial charge >= 0.3 is 0 Å². The van der Waals surface area contributed by atoms with Crippen LogP contribution in [-0.4, -0.2) is 16.1 Å². The van der Waals surface area contributed by atoms with Gasteiger partial charge in [-0.05, 0) is 43.1 Å². The molecule has 0 bridgehead atoms. The first-order chi connectivity index (χ1) is 9.13. The Bertz CT molecular complexity index is 548. The number of hydrogen-bond donors (Lipinski definition) is 1. The third-order valence-corrected chi connectivity index (χ3v) is 3.27. The first-order valence-electron chi connectivity index (χ1n) is 6.60. The molecule has 1 aromatic carbocycles. The SMILES string of the molecule is CCCNC(c1cc(F)ccc1C)c1nccn1C. The summed E-state index contributed by atoms with van der Waals surface area (Å²) >= 11 is 0. The van der Waals surface area contributed by atoms with E-state index in [1.807, 2.05) is 30.8 Å². The predicted octanol–water partition coefficient (Wildman–Crippen LogP) is 2.96. The number of rotatable bonds is 5. The zero-order chi connectivity index (χ0) is 13.8. The smallest absolute Gasteiger partial charge is 0.130 e. The highest BCUT2D eigenvalue weighted by Crippen LogP contribution is 2.24. The highest BCUT2D eigenvalue weighted by atomic mass is 19.1. The van der Waals surface area contributed by atoms with E-state index in [9.17, 15) is 4.39 Å². The van der Waals surface area contributed by atoms with Crippen molar-refractivity contribution >= 4 is 0 Å². The van der Waals surface area contributed by atoms with Crippen LogP contribution in [0.25, 0.3) is 0 Å². The van der Waals surface area contributed by atoms with Gasteiger partial charge in [-0.25, -0.2) is 9.37 Å². The van der Waals surface area contributed by atoms with Gasteiger partial charge in [-0.2, -0.15) is 0 Å². The maximum absolute atomic E-state index is 13.5. The Kier molecular flexibility index (Phi) is 4.32. The molecule has 0 saturated heterocycles. The van der Waals surface area contributed by atoms with Gasteiger partial charge in [0.2, 0.25) is 0 Å². The molecule has 0 aliphatic heterocycles. The maximum atomic E-state index is 13.5. The van der Waals surface area contributed by atoms with Crippen molar-refractivity contribution < 1.29 is 4.39 Å². The molecule has 0 spiro atoms. The van der Waals surface area contributed by atoms with Crippen LogP contribution in [0.2, 0.25) is 0 Å². The van der Waals surface area contributed by atoms with Gasteiger partial charge in [-0.15, -0.1) is 0 Å². The molecule has 1 heterocycles. The molecule has 0 fully saturated rings. The first kappa shape index (κ1) is 13.7. The summed E-state index contributed by atoms with van der Waals surface area (Å²) in [5.41, 5.74) is 2.01. The minimum atomic E-state index is -0.210. The molecule has 1 N–H and O–H groups in total. The number of aromatic nitrogens is 2. The molecule has 3 nitrogen and oxygen atoms in total. The van der Waals surface area contributed by atoms with Crippen LogP contribution in [0.15, 0.2) is 30.6 Å². The normalized spacial score (nSPS) is 12.6. The van der Waals surface area contributed by atoms with E-state index >= 15 is 0 Å². The minimum absolute atomic E-state index is 0.0735. The van der Waals surface area contributed by atoms with Crippen molar-refractivity contribution in [3.8, 4) is 0 Å². The monoisotopic (exact) mass is 261 g/mol. The fraction of sp³-hybridized carbons (Fsp3) is 0.400. The van der Waals surface area contributed by atoms with Crippen molar-refractivity contribution in [3.05, 3.63) is 53.4 Å². The van der Waals surface area contributed by atoms with Crippen LogP contribution in [0.4, 0.5) is 4.39 Å². The largest absolute Gasteiger partial charge is 0.336 e. The van der Waals surface area contributed by atoms with Crippen molar-refractivity contribution in [2.24, 2.45) is 7.05 Å². The number of aryl methyl sites for hydroxylation is 2. The summed E-state index contributed by atoms with van der Waals surface area (Å²) in [4.78, 5) is 4.39. The summed E-state index contributed by atoms with van der Waals surface area (Å²) in [7, 11) is 1.96. The molecule has 19 heavy (non-hydrogen) atoms. The third-order valence-electron chi connectivity index (χ3n) is 3.27. The lowest BCUT2D eigenvalue weighted by Crippen LogP contribution is -2.26. The Morgan fingerprint density at radius 1 is 1.42 bits per heavy atom. The summed E-state index contributed by atoms with van der Waals surface area (Å²) in [6.45, 7) is 4.98. The Hall–Kier alpha value is -1.68. The Morgan fingerprint density at radius 3 is 2.84 bits per heavy atom. The molecule has 1 unspecified atom stereocenters. The summed E-state index contributed by atoms with van der Waals surface area (Å²) in [6, 6.07) is 4.83. The number of halogens is 1. The second kappa shape index (κ2) is 5.97. The second-order valence-corrected chi connectivity index (χ2v) is 4.78. The van der Waals surface area contributed by atoms with Crippen molar-refractivity contribution in [1.29, 1.82) is 0 Å². The van der Waals surface area contributed by atoms with Gasteiger partial charge in [-0.1, -0.05) is 13.0 Å². The van der Waals surface area contributed by atoms with Gasteiger partial charge in [0.1, 0.15) is 11.6 Å². The highest BCUT2D eigenvalue weighted by Gasteiger charge is 2.19. The Morgan fingerprint density at radius 2 is 2.21 bits per heavy atom. The van der Waals surface area contributed by atoms with E-state index in [0.717, 1.165) is 29.9 Å². The maximum Gasteiger partial charge on any atom is 0.130 e. The van der Waals surface area contributed by atoms with Crippen molar-refractivity contribution in [3.63, 3.8) is 0 Å².